The lowest BCUT2D eigenvalue weighted by Crippen LogP contribution is -2.36. The van der Waals surface area contributed by atoms with Crippen molar-refractivity contribution < 1.29 is 13.2 Å². The monoisotopic (exact) mass is 388 g/mol. The molecule has 1 aromatic carbocycles. The zero-order valence-electron chi connectivity index (χ0n) is 15.1. The lowest BCUT2D eigenvalue weighted by atomic mass is 9.96. The quantitative estimate of drug-likeness (QED) is 0.686. The number of rotatable bonds is 3. The van der Waals surface area contributed by atoms with Gasteiger partial charge in [-0.05, 0) is 43.0 Å². The molecule has 2 aromatic heterocycles. The molecule has 1 aliphatic rings. The van der Waals surface area contributed by atoms with Gasteiger partial charge in [0.2, 0.25) is 0 Å². The van der Waals surface area contributed by atoms with Crippen LogP contribution >= 0.6 is 0 Å². The molecular weight excluding hydrogens is 369 g/mol. The van der Waals surface area contributed by atoms with Crippen LogP contribution in [0.15, 0.2) is 53.7 Å². The number of nitrogens with zero attached hydrogens (tertiary/aromatic N) is 4. The molecular formula is C20H19F3N4O. The van der Waals surface area contributed by atoms with E-state index in [1.807, 2.05) is 23.1 Å². The molecule has 0 spiro atoms. The zero-order valence-corrected chi connectivity index (χ0v) is 15.1. The molecule has 28 heavy (non-hydrogen) atoms. The molecule has 3 aromatic rings. The van der Waals surface area contributed by atoms with Crippen molar-refractivity contribution in [3.05, 3.63) is 64.8 Å². The highest BCUT2D eigenvalue weighted by molar-refractivity contribution is 5.76. The van der Waals surface area contributed by atoms with E-state index >= 15 is 0 Å². The minimum absolute atomic E-state index is 0.0440. The van der Waals surface area contributed by atoms with Crippen LogP contribution in [0.1, 0.15) is 18.4 Å². The topological polar surface area (TPSA) is 51.0 Å². The number of hydrogen-bond donors (Lipinski definition) is 0. The molecule has 0 radical (unpaired) electrons. The number of hydrogen-bond acceptors (Lipinski definition) is 4. The number of alkyl halides is 3. The van der Waals surface area contributed by atoms with Gasteiger partial charge < -0.3 is 4.90 Å². The molecule has 1 aliphatic heterocycles. The first kappa shape index (κ1) is 18.5. The summed E-state index contributed by atoms with van der Waals surface area (Å²) in [6, 6.07) is 9.75. The van der Waals surface area contributed by atoms with Crippen molar-refractivity contribution in [1.82, 2.24) is 14.5 Å². The van der Waals surface area contributed by atoms with Crippen LogP contribution < -0.4 is 10.5 Å². The van der Waals surface area contributed by atoms with Crippen LogP contribution in [0.3, 0.4) is 0 Å². The summed E-state index contributed by atoms with van der Waals surface area (Å²) in [7, 11) is 0. The van der Waals surface area contributed by atoms with Crippen LogP contribution in [0.4, 0.5) is 19.0 Å². The number of para-hydroxylation sites is 1. The lowest BCUT2D eigenvalue weighted by Gasteiger charge is -2.33. The Kier molecular flexibility index (Phi) is 4.78. The van der Waals surface area contributed by atoms with Gasteiger partial charge in [-0.15, -0.1) is 0 Å². The lowest BCUT2D eigenvalue weighted by molar-refractivity contribution is -0.137. The maximum Gasteiger partial charge on any atom is 0.417 e. The average Bonchev–Trinajstić information content (AvgIpc) is 2.70. The number of halogens is 3. The van der Waals surface area contributed by atoms with Crippen molar-refractivity contribution in [2.24, 2.45) is 5.92 Å². The van der Waals surface area contributed by atoms with E-state index in [1.54, 1.807) is 17.0 Å². The Balaban J connectivity index is 1.41. The number of pyridine rings is 1. The Labute approximate surface area is 159 Å². The van der Waals surface area contributed by atoms with Gasteiger partial charge >= 0.3 is 6.18 Å². The maximum absolute atomic E-state index is 12.7. The molecule has 0 atom stereocenters. The Morgan fingerprint density at radius 1 is 1.04 bits per heavy atom. The molecule has 8 heteroatoms. The molecule has 0 unspecified atom stereocenters. The fourth-order valence-corrected chi connectivity index (χ4v) is 3.60. The van der Waals surface area contributed by atoms with Gasteiger partial charge in [0.05, 0.1) is 22.8 Å². The first-order valence-electron chi connectivity index (χ1n) is 9.14. The van der Waals surface area contributed by atoms with Gasteiger partial charge in [0, 0.05) is 25.8 Å². The van der Waals surface area contributed by atoms with E-state index in [2.05, 4.69) is 9.97 Å². The molecule has 5 nitrogen and oxygen atoms in total. The van der Waals surface area contributed by atoms with Crippen molar-refractivity contribution >= 4 is 16.7 Å². The van der Waals surface area contributed by atoms with Gasteiger partial charge in [0.1, 0.15) is 5.82 Å². The Bertz CT molecular complexity index is 1020. The van der Waals surface area contributed by atoms with Crippen molar-refractivity contribution in [3.63, 3.8) is 0 Å². The van der Waals surface area contributed by atoms with Gasteiger partial charge in [0.15, 0.2) is 0 Å². The van der Waals surface area contributed by atoms with Gasteiger partial charge in [0.25, 0.3) is 5.56 Å². The molecule has 146 valence electrons. The van der Waals surface area contributed by atoms with Crippen molar-refractivity contribution in [1.29, 1.82) is 0 Å². The second-order valence-corrected chi connectivity index (χ2v) is 7.05. The summed E-state index contributed by atoms with van der Waals surface area (Å²) in [5.41, 5.74) is -0.0984. The number of piperidine rings is 1. The van der Waals surface area contributed by atoms with Gasteiger partial charge in [-0.2, -0.15) is 13.2 Å². The Morgan fingerprint density at radius 2 is 1.79 bits per heavy atom. The number of anilines is 1. The molecule has 0 amide bonds. The fraction of sp³-hybridized carbons (Fsp3) is 0.350. The zero-order chi connectivity index (χ0) is 19.7. The standard InChI is InChI=1S/C20H19F3N4O/c21-20(22,23)15-5-6-18(24-11-15)26-9-7-14(8-10-26)12-27-13-25-17-4-2-1-3-16(17)19(27)28/h1-6,11,13-14H,7-10,12H2. The summed E-state index contributed by atoms with van der Waals surface area (Å²) >= 11 is 0. The highest BCUT2D eigenvalue weighted by Crippen LogP contribution is 2.30. The fourth-order valence-electron chi connectivity index (χ4n) is 3.60. The predicted octanol–water partition coefficient (Wildman–Crippen LogP) is 3.73. The summed E-state index contributed by atoms with van der Waals surface area (Å²) in [6.45, 7) is 1.97. The summed E-state index contributed by atoms with van der Waals surface area (Å²) < 4.78 is 39.6. The second kappa shape index (κ2) is 7.26. The predicted molar refractivity (Wildman–Crippen MR) is 100 cm³/mol. The summed E-state index contributed by atoms with van der Waals surface area (Å²) in [5, 5.41) is 0.608. The normalized spacial score (nSPS) is 15.9. The minimum Gasteiger partial charge on any atom is -0.357 e. The van der Waals surface area contributed by atoms with Gasteiger partial charge in [-0.3, -0.25) is 9.36 Å². The van der Waals surface area contributed by atoms with E-state index in [-0.39, 0.29) is 5.56 Å². The second-order valence-electron chi connectivity index (χ2n) is 7.05. The average molecular weight is 388 g/mol. The van der Waals surface area contributed by atoms with E-state index in [1.165, 1.54) is 6.07 Å². The van der Waals surface area contributed by atoms with Crippen LogP contribution in [0.25, 0.3) is 10.9 Å². The summed E-state index contributed by atoms with van der Waals surface area (Å²) in [5.74, 6) is 0.863. The van der Waals surface area contributed by atoms with Crippen LogP contribution in [0.5, 0.6) is 0 Å². The van der Waals surface area contributed by atoms with E-state index < -0.39 is 11.7 Å². The van der Waals surface area contributed by atoms with Crippen LogP contribution in [0, 0.1) is 5.92 Å². The molecule has 0 bridgehead atoms. The molecule has 0 aliphatic carbocycles. The number of aromatic nitrogens is 3. The third-order valence-corrected chi connectivity index (χ3v) is 5.20. The van der Waals surface area contributed by atoms with Crippen molar-refractivity contribution in [3.8, 4) is 0 Å². The van der Waals surface area contributed by atoms with E-state index in [0.29, 0.717) is 42.3 Å². The van der Waals surface area contributed by atoms with Crippen molar-refractivity contribution in [2.75, 3.05) is 18.0 Å². The largest absolute Gasteiger partial charge is 0.417 e. The highest BCUT2D eigenvalue weighted by atomic mass is 19.4. The van der Waals surface area contributed by atoms with Gasteiger partial charge in [-0.25, -0.2) is 9.97 Å². The first-order chi connectivity index (χ1) is 13.4. The van der Waals surface area contributed by atoms with E-state index in [9.17, 15) is 18.0 Å². The van der Waals surface area contributed by atoms with E-state index in [4.69, 9.17) is 0 Å². The molecule has 3 heterocycles. The number of fused-ring (bicyclic) bond motifs is 1. The Morgan fingerprint density at radius 3 is 2.46 bits per heavy atom. The Hall–Kier alpha value is -2.90. The van der Waals surface area contributed by atoms with E-state index in [0.717, 1.165) is 25.1 Å². The summed E-state index contributed by atoms with van der Waals surface area (Å²) in [4.78, 5) is 22.9. The van der Waals surface area contributed by atoms with Crippen molar-refractivity contribution in [2.45, 2.75) is 25.6 Å². The van der Waals surface area contributed by atoms with Crippen LogP contribution in [-0.4, -0.2) is 27.6 Å². The SMILES string of the molecule is O=c1c2ccccc2ncn1CC1CCN(c2ccc(C(F)(F)F)cn2)CC1. The maximum atomic E-state index is 12.7. The van der Waals surface area contributed by atoms with Gasteiger partial charge in [-0.1, -0.05) is 12.1 Å². The molecule has 4 rings (SSSR count). The smallest absolute Gasteiger partial charge is 0.357 e. The van der Waals surface area contributed by atoms with Crippen LogP contribution in [0.2, 0.25) is 0 Å². The third-order valence-electron chi connectivity index (χ3n) is 5.20. The highest BCUT2D eigenvalue weighted by Gasteiger charge is 2.31. The molecule has 1 fully saturated rings. The third kappa shape index (κ3) is 3.72. The first-order valence-corrected chi connectivity index (χ1v) is 9.14. The summed E-state index contributed by atoms with van der Waals surface area (Å²) in [6.07, 6.45) is -0.236. The number of benzene rings is 1. The molecule has 0 saturated carbocycles. The minimum atomic E-state index is -4.38. The molecule has 1 saturated heterocycles. The molecule has 0 N–H and O–H groups in total. The van der Waals surface area contributed by atoms with Crippen LogP contribution in [-0.2, 0) is 12.7 Å².